The first kappa shape index (κ1) is 5.96. The third-order valence-electron chi connectivity index (χ3n) is 0.836. The Morgan fingerprint density at radius 2 is 1.67 bits per heavy atom. The van der Waals surface area contributed by atoms with Crippen LogP contribution in [0.5, 0.6) is 0 Å². The molecule has 0 amide bonds. The maximum Gasteiger partial charge on any atom is 0.0569 e. The lowest BCUT2D eigenvalue weighted by Crippen LogP contribution is -2.05. The average Bonchev–Trinajstić information content (AvgIpc) is 1.36. The van der Waals surface area contributed by atoms with Crippen LogP contribution < -0.4 is 0 Å². The van der Waals surface area contributed by atoms with E-state index in [0.29, 0.717) is 0 Å². The van der Waals surface area contributed by atoms with Crippen LogP contribution in [0.4, 0.5) is 0 Å². The van der Waals surface area contributed by atoms with Gasteiger partial charge in [-0.3, -0.25) is 0 Å². The molecule has 0 aliphatic heterocycles. The molecule has 0 aromatic rings. The second-order valence-corrected chi connectivity index (χ2v) is 1.75. The lowest BCUT2D eigenvalue weighted by atomic mass is 10.1. The van der Waals surface area contributed by atoms with Gasteiger partial charge in [0.1, 0.15) is 0 Å². The standard InChI is InChI=1S/C5H11O/c1-4(2)5(3)6/h5-6H,1-3H3. The van der Waals surface area contributed by atoms with Crippen molar-refractivity contribution in [2.24, 2.45) is 0 Å². The lowest BCUT2D eigenvalue weighted by Gasteiger charge is -2.03. The van der Waals surface area contributed by atoms with E-state index in [0.717, 1.165) is 5.92 Å². The van der Waals surface area contributed by atoms with Gasteiger partial charge < -0.3 is 5.11 Å². The highest BCUT2D eigenvalue weighted by atomic mass is 16.3. The number of hydrogen-bond acceptors (Lipinski definition) is 1. The number of hydrogen-bond donors (Lipinski definition) is 1. The second-order valence-electron chi connectivity index (χ2n) is 1.75. The molecule has 1 unspecified atom stereocenters. The molecule has 0 saturated heterocycles. The van der Waals surface area contributed by atoms with Gasteiger partial charge in [-0.1, -0.05) is 13.8 Å². The Balaban J connectivity index is 2.99. The van der Waals surface area contributed by atoms with Gasteiger partial charge in [-0.15, -0.1) is 0 Å². The van der Waals surface area contributed by atoms with Crippen LogP contribution in [0.15, 0.2) is 0 Å². The van der Waals surface area contributed by atoms with Crippen molar-refractivity contribution in [1.29, 1.82) is 0 Å². The maximum atomic E-state index is 8.59. The maximum absolute atomic E-state index is 8.59. The molecule has 1 N–H and O–H groups in total. The van der Waals surface area contributed by atoms with Crippen LogP contribution in [0.25, 0.3) is 0 Å². The number of rotatable bonds is 1. The minimum absolute atomic E-state index is 0.231. The van der Waals surface area contributed by atoms with E-state index in [1.807, 2.05) is 13.8 Å². The van der Waals surface area contributed by atoms with Crippen molar-refractivity contribution in [3.8, 4) is 0 Å². The van der Waals surface area contributed by atoms with Crippen LogP contribution in [0.2, 0.25) is 0 Å². The normalized spacial score (nSPS) is 15.5. The Hall–Kier alpha value is -0.0400. The summed E-state index contributed by atoms with van der Waals surface area (Å²) in [5.41, 5.74) is 0. The summed E-state index contributed by atoms with van der Waals surface area (Å²) in [5, 5.41) is 8.59. The third kappa shape index (κ3) is 2.21. The Morgan fingerprint density at radius 1 is 1.50 bits per heavy atom. The van der Waals surface area contributed by atoms with Crippen molar-refractivity contribution >= 4 is 0 Å². The van der Waals surface area contributed by atoms with Crippen molar-refractivity contribution in [1.82, 2.24) is 0 Å². The summed E-state index contributed by atoms with van der Waals surface area (Å²) >= 11 is 0. The van der Waals surface area contributed by atoms with Crippen LogP contribution in [-0.2, 0) is 0 Å². The van der Waals surface area contributed by atoms with Crippen molar-refractivity contribution in [3.05, 3.63) is 5.92 Å². The quantitative estimate of drug-likeness (QED) is 0.505. The van der Waals surface area contributed by atoms with Gasteiger partial charge in [-0.25, -0.2) is 0 Å². The molecule has 0 heterocycles. The predicted octanol–water partition coefficient (Wildman–Crippen LogP) is 0.981. The SMILES string of the molecule is C[C](C)C(C)O. The molecule has 1 nitrogen and oxygen atoms in total. The predicted molar refractivity (Wildman–Crippen MR) is 26.3 cm³/mol. The van der Waals surface area contributed by atoms with Gasteiger partial charge in [0.15, 0.2) is 0 Å². The highest BCUT2D eigenvalue weighted by molar-refractivity contribution is 4.82. The highest BCUT2D eigenvalue weighted by Crippen LogP contribution is 1.99. The first-order valence-electron chi connectivity index (χ1n) is 2.12. The molecule has 0 saturated carbocycles. The zero-order chi connectivity index (χ0) is 5.15. The molecule has 37 valence electrons. The molecule has 0 rings (SSSR count). The van der Waals surface area contributed by atoms with Crippen molar-refractivity contribution < 1.29 is 5.11 Å². The van der Waals surface area contributed by atoms with Crippen LogP contribution in [-0.4, -0.2) is 11.2 Å². The summed E-state index contributed by atoms with van der Waals surface area (Å²) in [6.07, 6.45) is -0.231. The summed E-state index contributed by atoms with van der Waals surface area (Å²) in [7, 11) is 0. The molecule has 0 bridgehead atoms. The Labute approximate surface area is 39.0 Å². The molecule has 1 heteroatoms. The Kier molecular flexibility index (Phi) is 2.18. The average molecular weight is 87.1 g/mol. The minimum Gasteiger partial charge on any atom is -0.393 e. The summed E-state index contributed by atoms with van der Waals surface area (Å²) < 4.78 is 0. The Bertz CT molecular complexity index is 24.9. The lowest BCUT2D eigenvalue weighted by molar-refractivity contribution is 0.209. The van der Waals surface area contributed by atoms with Crippen LogP contribution >= 0.6 is 0 Å². The fourth-order valence-electron chi connectivity index (χ4n) is 0. The van der Waals surface area contributed by atoms with E-state index in [1.54, 1.807) is 6.92 Å². The molecule has 0 fully saturated rings. The van der Waals surface area contributed by atoms with Crippen molar-refractivity contribution in [2.75, 3.05) is 0 Å². The molecule has 0 aromatic carbocycles. The van der Waals surface area contributed by atoms with Crippen LogP contribution in [0.3, 0.4) is 0 Å². The summed E-state index contributed by atoms with van der Waals surface area (Å²) in [4.78, 5) is 0. The van der Waals surface area contributed by atoms with Crippen LogP contribution in [0, 0.1) is 5.92 Å². The second kappa shape index (κ2) is 2.19. The van der Waals surface area contributed by atoms with Crippen molar-refractivity contribution in [2.45, 2.75) is 26.9 Å². The fraction of sp³-hybridized carbons (Fsp3) is 0.800. The number of aliphatic hydroxyl groups is 1. The van der Waals surface area contributed by atoms with Gasteiger partial charge in [-0.05, 0) is 12.8 Å². The zero-order valence-corrected chi connectivity index (χ0v) is 4.52. The van der Waals surface area contributed by atoms with E-state index >= 15 is 0 Å². The monoisotopic (exact) mass is 87.1 g/mol. The molecule has 1 atom stereocenters. The molecular formula is C5H11O. The van der Waals surface area contributed by atoms with Gasteiger partial charge in [0.25, 0.3) is 0 Å². The van der Waals surface area contributed by atoms with Gasteiger partial charge in [0.2, 0.25) is 0 Å². The highest BCUT2D eigenvalue weighted by Gasteiger charge is 1.98. The molecule has 6 heavy (non-hydrogen) atoms. The number of aliphatic hydroxyl groups excluding tert-OH is 1. The van der Waals surface area contributed by atoms with E-state index in [9.17, 15) is 0 Å². The topological polar surface area (TPSA) is 20.2 Å². The molecule has 1 radical (unpaired) electrons. The van der Waals surface area contributed by atoms with Gasteiger partial charge in [0.05, 0.1) is 6.10 Å². The molecular weight excluding hydrogens is 76.1 g/mol. The van der Waals surface area contributed by atoms with Gasteiger partial charge in [0, 0.05) is 0 Å². The summed E-state index contributed by atoms with van der Waals surface area (Å²) in [5.74, 6) is 1.06. The van der Waals surface area contributed by atoms with Gasteiger partial charge in [-0.2, -0.15) is 0 Å². The minimum atomic E-state index is -0.231. The molecule has 0 aliphatic carbocycles. The van der Waals surface area contributed by atoms with E-state index in [2.05, 4.69) is 0 Å². The molecule has 0 aromatic heterocycles. The smallest absolute Gasteiger partial charge is 0.0569 e. The van der Waals surface area contributed by atoms with Crippen LogP contribution in [0.1, 0.15) is 20.8 Å². The first-order valence-corrected chi connectivity index (χ1v) is 2.12. The van der Waals surface area contributed by atoms with E-state index < -0.39 is 0 Å². The van der Waals surface area contributed by atoms with Crippen molar-refractivity contribution in [3.63, 3.8) is 0 Å². The van der Waals surface area contributed by atoms with Gasteiger partial charge >= 0.3 is 0 Å². The first-order chi connectivity index (χ1) is 2.64. The Morgan fingerprint density at radius 3 is 1.67 bits per heavy atom. The third-order valence-corrected chi connectivity index (χ3v) is 0.836. The van der Waals surface area contributed by atoms with E-state index in [1.165, 1.54) is 0 Å². The summed E-state index contributed by atoms with van der Waals surface area (Å²) in [6, 6.07) is 0. The summed E-state index contributed by atoms with van der Waals surface area (Å²) in [6.45, 7) is 5.57. The largest absolute Gasteiger partial charge is 0.393 e. The van der Waals surface area contributed by atoms with E-state index in [-0.39, 0.29) is 6.10 Å². The van der Waals surface area contributed by atoms with E-state index in [4.69, 9.17) is 5.11 Å². The fourth-order valence-corrected chi connectivity index (χ4v) is 0. The molecule has 0 spiro atoms. The zero-order valence-electron chi connectivity index (χ0n) is 4.52. The molecule has 0 aliphatic rings.